The smallest absolute Gasteiger partial charge is 0.406 e. The van der Waals surface area contributed by atoms with E-state index in [4.69, 9.17) is 0 Å². The number of amides is 2. The van der Waals surface area contributed by atoms with Gasteiger partial charge >= 0.3 is 12.4 Å². The van der Waals surface area contributed by atoms with Gasteiger partial charge in [-0.05, 0) is 51.1 Å². The number of anilines is 2. The molecule has 0 saturated heterocycles. The van der Waals surface area contributed by atoms with Crippen LogP contribution in [0.2, 0.25) is 0 Å². The lowest BCUT2D eigenvalue weighted by Gasteiger charge is -2.12. The minimum absolute atomic E-state index is 0.277. The maximum Gasteiger partial charge on any atom is 0.573 e. The Morgan fingerprint density at radius 3 is 2.41 bits per heavy atom. The summed E-state index contributed by atoms with van der Waals surface area (Å²) < 4.78 is 42.0. The lowest BCUT2D eigenvalue weighted by atomic mass is 10.3. The van der Waals surface area contributed by atoms with Gasteiger partial charge in [-0.1, -0.05) is 0 Å². The van der Waals surface area contributed by atoms with Crippen LogP contribution in [0, 0.1) is 20.8 Å². The Hall–Kier alpha value is -3.83. The average Bonchev–Trinajstić information content (AvgIpc) is 3.03. The van der Waals surface area contributed by atoms with Crippen molar-refractivity contribution >= 4 is 17.5 Å². The molecule has 3 N–H and O–H groups in total. The van der Waals surface area contributed by atoms with E-state index >= 15 is 0 Å². The fraction of sp³-hybridized carbons (Fsp3) is 0.300. The van der Waals surface area contributed by atoms with E-state index in [-0.39, 0.29) is 12.3 Å². The van der Waals surface area contributed by atoms with Gasteiger partial charge in [-0.3, -0.25) is 0 Å². The number of nitrogens with one attached hydrogen (secondary N) is 3. The van der Waals surface area contributed by atoms with Crippen molar-refractivity contribution < 1.29 is 22.7 Å². The van der Waals surface area contributed by atoms with Gasteiger partial charge in [-0.25, -0.2) is 19.4 Å². The number of nitrogens with zero attached hydrogens (tertiary/aromatic N) is 4. The molecule has 0 aliphatic carbocycles. The van der Waals surface area contributed by atoms with Crippen molar-refractivity contribution in [1.82, 2.24) is 25.1 Å². The SMILES string of the molecule is Cc1cc(C)n(-c2cc(NCCNC(=O)Nc3ccc(OC(F)(F)F)cc3)nc(C)n2)n1. The largest absolute Gasteiger partial charge is 0.573 e. The van der Waals surface area contributed by atoms with Crippen LogP contribution in [-0.2, 0) is 0 Å². The molecule has 1 aromatic carbocycles. The van der Waals surface area contributed by atoms with Gasteiger partial charge < -0.3 is 20.7 Å². The number of aromatic nitrogens is 4. The predicted octanol–water partition coefficient (Wildman–Crippen LogP) is 3.72. The number of hydrogen-bond acceptors (Lipinski definition) is 6. The zero-order valence-corrected chi connectivity index (χ0v) is 17.6. The van der Waals surface area contributed by atoms with Gasteiger partial charge in [0, 0.05) is 30.5 Å². The summed E-state index contributed by atoms with van der Waals surface area (Å²) >= 11 is 0. The monoisotopic (exact) mass is 449 g/mol. The Kier molecular flexibility index (Phi) is 6.81. The van der Waals surface area contributed by atoms with Crippen LogP contribution < -0.4 is 20.7 Å². The summed E-state index contributed by atoms with van der Waals surface area (Å²) in [4.78, 5) is 20.7. The number of carbonyl (C=O) groups is 1. The Morgan fingerprint density at radius 2 is 1.78 bits per heavy atom. The first-order valence-electron chi connectivity index (χ1n) is 9.63. The van der Waals surface area contributed by atoms with Gasteiger partial charge in [0.05, 0.1) is 5.69 Å². The molecule has 3 rings (SSSR count). The Balaban J connectivity index is 1.48. The van der Waals surface area contributed by atoms with Crippen molar-refractivity contribution in [2.45, 2.75) is 27.1 Å². The molecule has 2 aromatic heterocycles. The van der Waals surface area contributed by atoms with Crippen LogP contribution in [0.4, 0.5) is 29.5 Å². The third-order valence-corrected chi connectivity index (χ3v) is 4.11. The van der Waals surface area contributed by atoms with Gasteiger partial charge in [-0.2, -0.15) is 5.10 Å². The van der Waals surface area contributed by atoms with Crippen molar-refractivity contribution in [3.63, 3.8) is 0 Å². The Morgan fingerprint density at radius 1 is 1.06 bits per heavy atom. The molecule has 2 amide bonds. The number of halogens is 3. The molecule has 9 nitrogen and oxygen atoms in total. The molecular weight excluding hydrogens is 427 g/mol. The third-order valence-electron chi connectivity index (χ3n) is 4.11. The van der Waals surface area contributed by atoms with E-state index in [0.29, 0.717) is 29.7 Å². The van der Waals surface area contributed by atoms with Gasteiger partial charge in [0.25, 0.3) is 0 Å². The zero-order chi connectivity index (χ0) is 23.3. The molecule has 0 unspecified atom stereocenters. The van der Waals surface area contributed by atoms with Crippen LogP contribution in [-0.4, -0.2) is 45.2 Å². The quantitative estimate of drug-likeness (QED) is 0.475. The van der Waals surface area contributed by atoms with Crippen LogP contribution in [0.3, 0.4) is 0 Å². The second kappa shape index (κ2) is 9.54. The topological polar surface area (TPSA) is 106 Å². The fourth-order valence-corrected chi connectivity index (χ4v) is 2.89. The number of ether oxygens (including phenoxy) is 1. The number of rotatable bonds is 7. The molecule has 2 heterocycles. The van der Waals surface area contributed by atoms with Gasteiger partial charge in [0.1, 0.15) is 17.4 Å². The average molecular weight is 449 g/mol. The molecule has 3 aromatic rings. The van der Waals surface area contributed by atoms with Crippen LogP contribution in [0.25, 0.3) is 5.82 Å². The Bertz CT molecular complexity index is 1080. The highest BCUT2D eigenvalue weighted by Gasteiger charge is 2.30. The number of benzene rings is 1. The number of alkyl halides is 3. The second-order valence-corrected chi connectivity index (χ2v) is 6.88. The molecule has 12 heteroatoms. The number of aryl methyl sites for hydroxylation is 3. The van der Waals surface area contributed by atoms with Crippen molar-refractivity contribution in [1.29, 1.82) is 0 Å². The summed E-state index contributed by atoms with van der Waals surface area (Å²) in [6, 6.07) is 8.05. The molecule has 170 valence electrons. The number of carbonyl (C=O) groups excluding carboxylic acids is 1. The van der Waals surface area contributed by atoms with Gasteiger partial charge in [0.15, 0.2) is 5.82 Å². The zero-order valence-electron chi connectivity index (χ0n) is 17.6. The molecule has 0 aliphatic heterocycles. The molecule has 0 radical (unpaired) electrons. The molecular formula is C20H22F3N7O2. The molecule has 0 atom stereocenters. The molecule has 32 heavy (non-hydrogen) atoms. The van der Waals surface area contributed by atoms with Crippen molar-refractivity contribution in [2.75, 3.05) is 23.7 Å². The maximum absolute atomic E-state index is 12.2. The normalized spacial score (nSPS) is 11.2. The molecule has 0 spiro atoms. The highest BCUT2D eigenvalue weighted by molar-refractivity contribution is 5.89. The molecule has 0 saturated carbocycles. The summed E-state index contributed by atoms with van der Waals surface area (Å²) in [6.45, 7) is 6.28. The van der Waals surface area contributed by atoms with Crippen LogP contribution in [0.1, 0.15) is 17.2 Å². The van der Waals surface area contributed by atoms with E-state index in [9.17, 15) is 18.0 Å². The summed E-state index contributed by atoms with van der Waals surface area (Å²) in [7, 11) is 0. The summed E-state index contributed by atoms with van der Waals surface area (Å²) in [5.41, 5.74) is 2.15. The number of urea groups is 1. The highest BCUT2D eigenvalue weighted by Crippen LogP contribution is 2.23. The van der Waals surface area contributed by atoms with Crippen LogP contribution in [0.5, 0.6) is 5.75 Å². The second-order valence-electron chi connectivity index (χ2n) is 6.88. The van der Waals surface area contributed by atoms with Gasteiger partial charge in [0.2, 0.25) is 0 Å². The molecule has 0 aliphatic rings. The first kappa shape index (κ1) is 22.8. The van der Waals surface area contributed by atoms with E-state index in [0.717, 1.165) is 23.5 Å². The van der Waals surface area contributed by atoms with Crippen LogP contribution in [0.15, 0.2) is 36.4 Å². The van der Waals surface area contributed by atoms with E-state index in [1.54, 1.807) is 17.7 Å². The summed E-state index contributed by atoms with van der Waals surface area (Å²) in [6.07, 6.45) is -4.77. The summed E-state index contributed by atoms with van der Waals surface area (Å²) in [5.74, 6) is 1.42. The van der Waals surface area contributed by atoms with E-state index < -0.39 is 12.4 Å². The van der Waals surface area contributed by atoms with E-state index in [2.05, 4.69) is 35.8 Å². The minimum Gasteiger partial charge on any atom is -0.406 e. The Labute approximate surface area is 182 Å². The van der Waals surface area contributed by atoms with Crippen LogP contribution >= 0.6 is 0 Å². The van der Waals surface area contributed by atoms with Crippen molar-refractivity contribution in [3.8, 4) is 11.6 Å². The maximum atomic E-state index is 12.2. The predicted molar refractivity (Wildman–Crippen MR) is 112 cm³/mol. The number of hydrogen-bond donors (Lipinski definition) is 3. The summed E-state index contributed by atoms with van der Waals surface area (Å²) in [5, 5.41) is 12.7. The highest BCUT2D eigenvalue weighted by atomic mass is 19.4. The third kappa shape index (κ3) is 6.59. The van der Waals surface area contributed by atoms with E-state index in [1.165, 1.54) is 12.1 Å². The minimum atomic E-state index is -4.77. The van der Waals surface area contributed by atoms with E-state index in [1.807, 2.05) is 19.9 Å². The lowest BCUT2D eigenvalue weighted by molar-refractivity contribution is -0.274. The molecule has 0 bridgehead atoms. The van der Waals surface area contributed by atoms with Crippen molar-refractivity contribution in [2.24, 2.45) is 0 Å². The molecule has 0 fully saturated rings. The lowest BCUT2D eigenvalue weighted by Crippen LogP contribution is -2.32. The first-order valence-corrected chi connectivity index (χ1v) is 9.63. The fourth-order valence-electron chi connectivity index (χ4n) is 2.89. The standard InChI is InChI=1S/C20H22F3N7O2/c1-12-10-13(2)30(29-12)18-11-17(26-14(3)27-18)24-8-9-25-19(31)28-15-4-6-16(7-5-15)32-20(21,22)23/h4-7,10-11H,8-9H2,1-3H3,(H,24,26,27)(H2,25,28,31). The van der Waals surface area contributed by atoms with Gasteiger partial charge in [-0.15, -0.1) is 13.2 Å². The first-order chi connectivity index (χ1) is 15.1. The van der Waals surface area contributed by atoms with Crippen molar-refractivity contribution in [3.05, 3.63) is 53.6 Å².